The lowest BCUT2D eigenvalue weighted by Crippen LogP contribution is -2.35. The van der Waals surface area contributed by atoms with Crippen LogP contribution < -0.4 is 20.5 Å². The standard InChI is InChI=1S/C24H24FN5O4/c25-16-4-6-17(7-5-16)27-23-29-20(28-22(26)30-23)14-34-21(31)24(9-1-2-10-24)15-3-8-18-19(13-15)33-12-11-32-18/h3-8,13H,1-2,9-12,14H2,(H3,26,27,28,29,30). The number of nitrogen functional groups attached to an aromatic ring is 1. The van der Waals surface area contributed by atoms with Gasteiger partial charge in [0.1, 0.15) is 19.0 Å². The fraction of sp³-hybridized carbons (Fsp3) is 0.333. The van der Waals surface area contributed by atoms with Crippen LogP contribution in [0, 0.1) is 5.82 Å². The summed E-state index contributed by atoms with van der Waals surface area (Å²) in [5.74, 6) is 0.991. The maximum Gasteiger partial charge on any atom is 0.317 e. The van der Waals surface area contributed by atoms with Crippen molar-refractivity contribution in [2.45, 2.75) is 37.7 Å². The second-order valence-electron chi connectivity index (χ2n) is 8.29. The van der Waals surface area contributed by atoms with Crippen molar-refractivity contribution < 1.29 is 23.4 Å². The lowest BCUT2D eigenvalue weighted by atomic mass is 9.78. The Hall–Kier alpha value is -3.95. The van der Waals surface area contributed by atoms with Gasteiger partial charge in [-0.2, -0.15) is 15.0 Å². The van der Waals surface area contributed by atoms with Gasteiger partial charge in [-0.3, -0.25) is 4.79 Å². The molecule has 0 saturated heterocycles. The highest BCUT2D eigenvalue weighted by atomic mass is 19.1. The van der Waals surface area contributed by atoms with Crippen molar-refractivity contribution in [2.24, 2.45) is 0 Å². The molecule has 1 fully saturated rings. The van der Waals surface area contributed by atoms with Crippen LogP contribution in [-0.2, 0) is 21.6 Å². The number of fused-ring (bicyclic) bond motifs is 1. The Morgan fingerprint density at radius 2 is 1.76 bits per heavy atom. The monoisotopic (exact) mass is 465 g/mol. The van der Waals surface area contributed by atoms with Crippen LogP contribution in [-0.4, -0.2) is 34.1 Å². The van der Waals surface area contributed by atoms with E-state index in [1.54, 1.807) is 12.1 Å². The summed E-state index contributed by atoms with van der Waals surface area (Å²) in [5, 5.41) is 2.94. The first kappa shape index (κ1) is 21.9. The van der Waals surface area contributed by atoms with Crippen LogP contribution in [0.25, 0.3) is 0 Å². The Morgan fingerprint density at radius 1 is 1.03 bits per heavy atom. The summed E-state index contributed by atoms with van der Waals surface area (Å²) in [7, 11) is 0. The van der Waals surface area contributed by atoms with Gasteiger partial charge < -0.3 is 25.3 Å². The molecular weight excluding hydrogens is 441 g/mol. The lowest BCUT2D eigenvalue weighted by Gasteiger charge is -2.28. The van der Waals surface area contributed by atoms with E-state index in [0.29, 0.717) is 43.2 Å². The fourth-order valence-electron chi connectivity index (χ4n) is 4.42. The largest absolute Gasteiger partial charge is 0.486 e. The van der Waals surface area contributed by atoms with Gasteiger partial charge in [-0.25, -0.2) is 4.39 Å². The molecule has 0 unspecified atom stereocenters. The van der Waals surface area contributed by atoms with E-state index in [1.807, 2.05) is 18.2 Å². The number of rotatable bonds is 6. The second kappa shape index (κ2) is 9.12. The maximum absolute atomic E-state index is 13.4. The number of ether oxygens (including phenoxy) is 3. The number of aromatic nitrogens is 3. The van der Waals surface area contributed by atoms with Crippen molar-refractivity contribution in [2.75, 3.05) is 24.3 Å². The van der Waals surface area contributed by atoms with Crippen LogP contribution in [0.1, 0.15) is 37.1 Å². The van der Waals surface area contributed by atoms with E-state index in [0.717, 1.165) is 18.4 Å². The highest BCUT2D eigenvalue weighted by Gasteiger charge is 2.44. The molecule has 3 aromatic rings. The van der Waals surface area contributed by atoms with E-state index >= 15 is 0 Å². The molecule has 10 heteroatoms. The van der Waals surface area contributed by atoms with Crippen molar-refractivity contribution >= 4 is 23.6 Å². The third kappa shape index (κ3) is 4.43. The number of hydrogen-bond acceptors (Lipinski definition) is 9. The van der Waals surface area contributed by atoms with E-state index in [2.05, 4.69) is 20.3 Å². The molecule has 1 saturated carbocycles. The van der Waals surface area contributed by atoms with Crippen LogP contribution in [0.15, 0.2) is 42.5 Å². The Morgan fingerprint density at radius 3 is 2.53 bits per heavy atom. The highest BCUT2D eigenvalue weighted by Crippen LogP contribution is 2.45. The van der Waals surface area contributed by atoms with Crippen LogP contribution in [0.3, 0.4) is 0 Å². The van der Waals surface area contributed by atoms with E-state index in [9.17, 15) is 9.18 Å². The first-order chi connectivity index (χ1) is 16.5. The average molecular weight is 465 g/mol. The van der Waals surface area contributed by atoms with E-state index in [4.69, 9.17) is 19.9 Å². The smallest absolute Gasteiger partial charge is 0.317 e. The minimum Gasteiger partial charge on any atom is -0.486 e. The third-order valence-electron chi connectivity index (χ3n) is 6.07. The van der Waals surface area contributed by atoms with Gasteiger partial charge in [0, 0.05) is 5.69 Å². The van der Waals surface area contributed by atoms with Gasteiger partial charge in [-0.15, -0.1) is 0 Å². The zero-order valence-electron chi connectivity index (χ0n) is 18.4. The van der Waals surface area contributed by atoms with Crippen LogP contribution in [0.5, 0.6) is 11.5 Å². The number of hydrogen-bond donors (Lipinski definition) is 2. The van der Waals surface area contributed by atoms with Crippen molar-refractivity contribution in [3.05, 3.63) is 59.7 Å². The Labute approximate surface area is 195 Å². The number of halogens is 1. The molecule has 2 heterocycles. The molecule has 3 N–H and O–H groups in total. The minimum atomic E-state index is -0.760. The first-order valence-corrected chi connectivity index (χ1v) is 11.1. The number of carbonyl (C=O) groups is 1. The van der Waals surface area contributed by atoms with Crippen molar-refractivity contribution in [1.82, 2.24) is 15.0 Å². The number of nitrogens with two attached hydrogens (primary N) is 1. The number of benzene rings is 2. The Bertz CT molecular complexity index is 1200. The van der Waals surface area contributed by atoms with Gasteiger partial charge >= 0.3 is 5.97 Å². The molecule has 9 nitrogen and oxygen atoms in total. The SMILES string of the molecule is Nc1nc(COC(=O)C2(c3ccc4c(c3)OCCO4)CCCC2)nc(Nc2ccc(F)cc2)n1. The molecule has 1 aliphatic carbocycles. The molecule has 2 aromatic carbocycles. The lowest BCUT2D eigenvalue weighted by molar-refractivity contribution is -0.152. The molecule has 0 amide bonds. The van der Waals surface area contributed by atoms with Crippen LogP contribution in [0.4, 0.5) is 22.0 Å². The molecule has 2 aliphatic rings. The van der Waals surface area contributed by atoms with Gasteiger partial charge in [0.15, 0.2) is 23.9 Å². The van der Waals surface area contributed by atoms with Gasteiger partial charge in [0.25, 0.3) is 0 Å². The molecule has 1 aromatic heterocycles. The molecule has 5 rings (SSSR count). The van der Waals surface area contributed by atoms with Crippen molar-refractivity contribution in [3.8, 4) is 11.5 Å². The van der Waals surface area contributed by atoms with Crippen LogP contribution in [0.2, 0.25) is 0 Å². The summed E-state index contributed by atoms with van der Waals surface area (Å²) in [5.41, 5.74) is 6.50. The molecule has 1 aliphatic heterocycles. The summed E-state index contributed by atoms with van der Waals surface area (Å²) < 4.78 is 30.2. The Kier molecular flexibility index (Phi) is 5.87. The molecule has 0 bridgehead atoms. The van der Waals surface area contributed by atoms with Gasteiger partial charge in [-0.05, 0) is 54.8 Å². The topological polar surface area (TPSA) is 121 Å². The minimum absolute atomic E-state index is 0.0203. The second-order valence-corrected chi connectivity index (χ2v) is 8.29. The average Bonchev–Trinajstić information content (AvgIpc) is 3.35. The molecule has 0 atom stereocenters. The zero-order chi connectivity index (χ0) is 23.5. The zero-order valence-corrected chi connectivity index (χ0v) is 18.4. The molecular formula is C24H24FN5O4. The van der Waals surface area contributed by atoms with E-state index in [1.165, 1.54) is 12.1 Å². The number of anilines is 3. The van der Waals surface area contributed by atoms with Crippen molar-refractivity contribution in [3.63, 3.8) is 0 Å². The predicted molar refractivity (Wildman–Crippen MR) is 121 cm³/mol. The maximum atomic E-state index is 13.4. The molecule has 0 spiro atoms. The van der Waals surface area contributed by atoms with Gasteiger partial charge in [0.2, 0.25) is 11.9 Å². The van der Waals surface area contributed by atoms with Gasteiger partial charge in [-0.1, -0.05) is 18.9 Å². The van der Waals surface area contributed by atoms with E-state index in [-0.39, 0.29) is 36.1 Å². The molecule has 34 heavy (non-hydrogen) atoms. The summed E-state index contributed by atoms with van der Waals surface area (Å²) in [4.78, 5) is 25.8. The van der Waals surface area contributed by atoms with Crippen LogP contribution >= 0.6 is 0 Å². The highest BCUT2D eigenvalue weighted by molar-refractivity contribution is 5.84. The normalized spacial score (nSPS) is 16.1. The third-order valence-corrected chi connectivity index (χ3v) is 6.07. The number of carbonyl (C=O) groups excluding carboxylic acids is 1. The number of nitrogens with zero attached hydrogens (tertiary/aromatic N) is 3. The quantitative estimate of drug-likeness (QED) is 0.525. The summed E-state index contributed by atoms with van der Waals surface area (Å²) in [6.45, 7) is 0.825. The number of nitrogens with one attached hydrogen (secondary N) is 1. The molecule has 176 valence electrons. The Balaban J connectivity index is 1.32. The summed E-state index contributed by atoms with van der Waals surface area (Å²) in [6.07, 6.45) is 3.21. The summed E-state index contributed by atoms with van der Waals surface area (Å²) >= 11 is 0. The fourth-order valence-corrected chi connectivity index (χ4v) is 4.42. The number of esters is 1. The molecule has 0 radical (unpaired) electrons. The van der Waals surface area contributed by atoms with E-state index < -0.39 is 5.41 Å². The first-order valence-electron chi connectivity index (χ1n) is 11.1. The predicted octanol–water partition coefficient (Wildman–Crippen LogP) is 3.66. The van der Waals surface area contributed by atoms with Gasteiger partial charge in [0.05, 0.1) is 5.41 Å². The van der Waals surface area contributed by atoms with Crippen molar-refractivity contribution in [1.29, 1.82) is 0 Å². The summed E-state index contributed by atoms with van der Waals surface area (Å²) in [6, 6.07) is 11.4.